The van der Waals surface area contributed by atoms with E-state index in [9.17, 15) is 15.2 Å². The average molecular weight is 892 g/mol. The molecule has 0 atom stereocenters. The number of aromatic nitrogens is 4. The number of hydrogen-bond donors (Lipinski definition) is 1. The predicted octanol–water partition coefficient (Wildman–Crippen LogP) is 14.9. The summed E-state index contributed by atoms with van der Waals surface area (Å²) in [7, 11) is 0. The standard InChI is InChI=1S/C59H49N5O2S/c1-5-59(6-2)48-35-42(50-32-30-45(67-50)33-44(37-60)58(65)66)29-31-46(48)51-47(57-62-53(39-23-15-10-16-24-39)55(64(57)8-4)41-27-19-12-20-28-41)34-43(36-49(51)59)56-61-52(38-21-13-9-14-22-38)54(63(56)7-3)40-25-17-11-18-26-40/h9-36H,5-8H2,1-4H3,(H,65,66)/b44-33-. The molecule has 3 heterocycles. The third kappa shape index (κ3) is 7.33. The number of rotatable bonds is 13. The van der Waals surface area contributed by atoms with Crippen molar-refractivity contribution in [1.29, 1.82) is 5.26 Å². The first-order valence-corrected chi connectivity index (χ1v) is 23.9. The van der Waals surface area contributed by atoms with E-state index in [1.54, 1.807) is 0 Å². The lowest BCUT2D eigenvalue weighted by Crippen LogP contribution is -2.23. The van der Waals surface area contributed by atoms with Gasteiger partial charge in [0.05, 0.1) is 22.8 Å². The van der Waals surface area contributed by atoms with Crippen molar-refractivity contribution in [2.45, 2.75) is 59.0 Å². The molecule has 0 saturated carbocycles. The van der Waals surface area contributed by atoms with Crippen LogP contribution in [0.2, 0.25) is 0 Å². The van der Waals surface area contributed by atoms with Crippen LogP contribution in [0.15, 0.2) is 169 Å². The molecule has 3 aromatic heterocycles. The van der Waals surface area contributed by atoms with E-state index in [2.05, 4.69) is 188 Å². The summed E-state index contributed by atoms with van der Waals surface area (Å²) in [5.41, 5.74) is 15.7. The fourth-order valence-electron chi connectivity index (χ4n) is 10.3. The van der Waals surface area contributed by atoms with Gasteiger partial charge in [0.2, 0.25) is 0 Å². The van der Waals surface area contributed by atoms with E-state index in [1.807, 2.05) is 18.2 Å². The first-order chi connectivity index (χ1) is 32.8. The predicted molar refractivity (Wildman–Crippen MR) is 273 cm³/mol. The van der Waals surface area contributed by atoms with Gasteiger partial charge < -0.3 is 14.2 Å². The summed E-state index contributed by atoms with van der Waals surface area (Å²) in [5.74, 6) is 0.572. The second kappa shape index (κ2) is 17.8. The average Bonchev–Trinajstić information content (AvgIpc) is 4.17. The normalized spacial score (nSPS) is 12.7. The number of thiophene rings is 1. The second-order valence-corrected chi connectivity index (χ2v) is 18.0. The molecule has 1 N–H and O–H groups in total. The maximum atomic E-state index is 11.7. The zero-order valence-electron chi connectivity index (χ0n) is 38.0. The van der Waals surface area contributed by atoms with Crippen LogP contribution in [0.5, 0.6) is 0 Å². The number of hydrogen-bond acceptors (Lipinski definition) is 5. The molecule has 0 bridgehead atoms. The number of carbonyl (C=O) groups is 1. The van der Waals surface area contributed by atoms with Gasteiger partial charge in [0.15, 0.2) is 0 Å². The molecule has 7 nitrogen and oxygen atoms in total. The van der Waals surface area contributed by atoms with Crippen molar-refractivity contribution < 1.29 is 9.90 Å². The molecule has 0 unspecified atom stereocenters. The number of nitrogens with zero attached hydrogens (tertiary/aromatic N) is 5. The number of nitriles is 1. The van der Waals surface area contributed by atoms with Gasteiger partial charge in [-0.1, -0.05) is 147 Å². The van der Waals surface area contributed by atoms with E-state index in [-0.39, 0.29) is 11.0 Å². The molecule has 0 radical (unpaired) electrons. The van der Waals surface area contributed by atoms with Crippen molar-refractivity contribution >= 4 is 23.4 Å². The fourth-order valence-corrected chi connectivity index (χ4v) is 11.2. The summed E-state index contributed by atoms with van der Waals surface area (Å²) in [5, 5.41) is 19.1. The van der Waals surface area contributed by atoms with Crippen LogP contribution in [0.25, 0.3) is 95.4 Å². The quantitative estimate of drug-likeness (QED) is 0.0918. The van der Waals surface area contributed by atoms with Gasteiger partial charge in [-0.2, -0.15) is 5.26 Å². The molecule has 67 heavy (non-hydrogen) atoms. The Morgan fingerprint density at radius 2 is 1.10 bits per heavy atom. The fraction of sp³-hybridized carbons (Fsp3) is 0.153. The molecule has 9 aromatic rings. The Morgan fingerprint density at radius 1 is 0.597 bits per heavy atom. The van der Waals surface area contributed by atoms with Gasteiger partial charge in [0, 0.05) is 61.6 Å². The van der Waals surface area contributed by atoms with Gasteiger partial charge in [-0.25, -0.2) is 14.8 Å². The lowest BCUT2D eigenvalue weighted by Gasteiger charge is -2.30. The van der Waals surface area contributed by atoms with Gasteiger partial charge in [0.25, 0.3) is 0 Å². The smallest absolute Gasteiger partial charge is 0.346 e. The zero-order chi connectivity index (χ0) is 46.2. The van der Waals surface area contributed by atoms with Crippen LogP contribution < -0.4 is 0 Å². The Bertz CT molecular complexity index is 3370. The summed E-state index contributed by atoms with van der Waals surface area (Å²) in [6.07, 6.45) is 3.17. The highest BCUT2D eigenvalue weighted by atomic mass is 32.1. The largest absolute Gasteiger partial charge is 0.477 e. The minimum atomic E-state index is -1.23. The van der Waals surface area contributed by atoms with E-state index < -0.39 is 5.97 Å². The summed E-state index contributed by atoms with van der Waals surface area (Å²) in [6, 6.07) is 59.6. The molecule has 1 aliphatic carbocycles. The molecule has 1 aliphatic rings. The number of aliphatic carboxylic acids is 1. The summed E-state index contributed by atoms with van der Waals surface area (Å²) in [4.78, 5) is 24.8. The third-order valence-corrected chi connectivity index (χ3v) is 14.6. The van der Waals surface area contributed by atoms with Crippen LogP contribution >= 0.6 is 11.3 Å². The van der Waals surface area contributed by atoms with Crippen molar-refractivity contribution in [2.24, 2.45) is 0 Å². The Morgan fingerprint density at radius 3 is 1.61 bits per heavy atom. The molecular formula is C59H49N5O2S. The minimum Gasteiger partial charge on any atom is -0.477 e. The molecule has 328 valence electrons. The maximum absolute atomic E-state index is 11.7. The van der Waals surface area contributed by atoms with Gasteiger partial charge >= 0.3 is 5.97 Å². The maximum Gasteiger partial charge on any atom is 0.346 e. The lowest BCUT2D eigenvalue weighted by atomic mass is 9.73. The number of carboxylic acids is 1. The van der Waals surface area contributed by atoms with Crippen molar-refractivity contribution in [3.63, 3.8) is 0 Å². The van der Waals surface area contributed by atoms with Crippen LogP contribution in [0.3, 0.4) is 0 Å². The summed E-state index contributed by atoms with van der Waals surface area (Å²) < 4.78 is 4.78. The zero-order valence-corrected chi connectivity index (χ0v) is 38.8. The summed E-state index contributed by atoms with van der Waals surface area (Å²) in [6.45, 7) is 10.4. The minimum absolute atomic E-state index is 0.288. The Kier molecular flexibility index (Phi) is 11.5. The van der Waals surface area contributed by atoms with Crippen LogP contribution in [-0.2, 0) is 23.3 Å². The SMILES string of the molecule is CCn1c(-c2cc(-c3nc(-c4ccccc4)c(-c4ccccc4)n3CC)c3c(c2)C(CC)(CC)c2cc(-c4ccc(/C=C(/C#N)C(=O)O)s4)ccc2-3)nc(-c2ccccc2)c1-c1ccccc1. The highest BCUT2D eigenvalue weighted by Crippen LogP contribution is 2.58. The van der Waals surface area contributed by atoms with Gasteiger partial charge in [0.1, 0.15) is 23.3 Å². The molecule has 10 rings (SSSR count). The van der Waals surface area contributed by atoms with Gasteiger partial charge in [-0.15, -0.1) is 11.3 Å². The van der Waals surface area contributed by atoms with Gasteiger partial charge in [-0.05, 0) is 90.9 Å². The van der Waals surface area contributed by atoms with Crippen molar-refractivity contribution in [1.82, 2.24) is 19.1 Å². The van der Waals surface area contributed by atoms with Gasteiger partial charge in [-0.3, -0.25) is 0 Å². The van der Waals surface area contributed by atoms with Crippen molar-refractivity contribution in [2.75, 3.05) is 0 Å². The first-order valence-electron chi connectivity index (χ1n) is 23.0. The lowest BCUT2D eigenvalue weighted by molar-refractivity contribution is -0.132. The third-order valence-electron chi connectivity index (χ3n) is 13.5. The topological polar surface area (TPSA) is 96.7 Å². The van der Waals surface area contributed by atoms with E-state index in [1.165, 1.54) is 39.7 Å². The van der Waals surface area contributed by atoms with Crippen LogP contribution in [0.1, 0.15) is 56.5 Å². The molecule has 0 spiro atoms. The molecule has 0 aliphatic heterocycles. The van der Waals surface area contributed by atoms with E-state index >= 15 is 0 Å². The Hall–Kier alpha value is -7.86. The van der Waals surface area contributed by atoms with E-state index in [0.29, 0.717) is 18.0 Å². The van der Waals surface area contributed by atoms with Crippen molar-refractivity contribution in [3.8, 4) is 95.4 Å². The van der Waals surface area contributed by atoms with Crippen LogP contribution in [-0.4, -0.2) is 30.2 Å². The van der Waals surface area contributed by atoms with Crippen LogP contribution in [0, 0.1) is 11.3 Å². The highest BCUT2D eigenvalue weighted by Gasteiger charge is 2.43. The molecule has 6 aromatic carbocycles. The molecule has 0 amide bonds. The molecule has 8 heteroatoms. The Labute approximate surface area is 395 Å². The van der Waals surface area contributed by atoms with Crippen LogP contribution in [0.4, 0.5) is 0 Å². The highest BCUT2D eigenvalue weighted by molar-refractivity contribution is 7.16. The molecule has 0 saturated heterocycles. The molecule has 0 fully saturated rings. The molecular weight excluding hydrogens is 843 g/mol. The number of carboxylic acid groups (broad SMARTS) is 1. The van der Waals surface area contributed by atoms with E-state index in [4.69, 9.17) is 9.97 Å². The Balaban J connectivity index is 1.28. The monoisotopic (exact) mass is 891 g/mol. The first kappa shape index (κ1) is 43.1. The number of fused-ring (bicyclic) bond motifs is 3. The number of benzene rings is 6. The summed E-state index contributed by atoms with van der Waals surface area (Å²) >= 11 is 1.49. The van der Waals surface area contributed by atoms with Crippen molar-refractivity contribution in [3.05, 3.63) is 185 Å². The second-order valence-electron chi connectivity index (χ2n) is 16.9. The van der Waals surface area contributed by atoms with E-state index in [0.717, 1.165) is 91.1 Å². The number of imidazole rings is 2.